The van der Waals surface area contributed by atoms with Gasteiger partial charge in [0.05, 0.1) is 34.5 Å². The van der Waals surface area contributed by atoms with Crippen LogP contribution in [0.4, 0.5) is 0 Å². The van der Waals surface area contributed by atoms with Crippen molar-refractivity contribution < 1.29 is 23.6 Å². The van der Waals surface area contributed by atoms with Gasteiger partial charge in [0.25, 0.3) is 11.8 Å². The Kier molecular flexibility index (Phi) is 6.56. The number of morpholine rings is 1. The smallest absolute Gasteiger partial charge is 0.254 e. The first-order chi connectivity index (χ1) is 18.1. The predicted molar refractivity (Wildman–Crippen MR) is 144 cm³/mol. The van der Waals surface area contributed by atoms with Gasteiger partial charge >= 0.3 is 0 Å². The molecule has 1 aliphatic rings. The van der Waals surface area contributed by atoms with Crippen molar-refractivity contribution in [1.82, 2.24) is 14.6 Å². The number of amides is 2. The van der Waals surface area contributed by atoms with E-state index in [1.54, 1.807) is 27.7 Å². The van der Waals surface area contributed by atoms with Crippen LogP contribution in [-0.2, 0) is 4.74 Å². The molecule has 4 aromatic rings. The van der Waals surface area contributed by atoms with Crippen LogP contribution in [-0.4, -0.2) is 57.6 Å². The van der Waals surface area contributed by atoms with Crippen LogP contribution in [0, 0.1) is 13.8 Å². The average Bonchev–Trinajstić information content (AvgIpc) is 3.38. The molecule has 1 saturated heterocycles. The van der Waals surface area contributed by atoms with Gasteiger partial charge in [-0.2, -0.15) is 0 Å². The van der Waals surface area contributed by atoms with E-state index in [-0.39, 0.29) is 36.0 Å². The summed E-state index contributed by atoms with van der Waals surface area (Å²) in [6.45, 7) is 10.4. The summed E-state index contributed by atoms with van der Waals surface area (Å²) in [5, 5.41) is 5.50. The van der Waals surface area contributed by atoms with Gasteiger partial charge in [0.15, 0.2) is 0 Å². The van der Waals surface area contributed by atoms with Crippen molar-refractivity contribution in [3.8, 4) is 11.1 Å². The molecule has 0 radical (unpaired) electrons. The molecule has 9 nitrogen and oxygen atoms in total. The highest BCUT2D eigenvalue weighted by Gasteiger charge is 2.28. The summed E-state index contributed by atoms with van der Waals surface area (Å²) in [5.74, 6) is -0.326. The van der Waals surface area contributed by atoms with Gasteiger partial charge < -0.3 is 19.9 Å². The third-order valence-electron chi connectivity index (χ3n) is 7.12. The lowest BCUT2D eigenvalue weighted by Gasteiger charge is -2.35. The fourth-order valence-electron chi connectivity index (χ4n) is 5.62. The van der Waals surface area contributed by atoms with Crippen LogP contribution < -0.4 is 5.73 Å². The van der Waals surface area contributed by atoms with E-state index < -0.39 is 5.91 Å². The second kappa shape index (κ2) is 9.72. The minimum Gasteiger partial charge on any atom is -0.372 e. The molecule has 2 amide bonds. The summed E-state index contributed by atoms with van der Waals surface area (Å²) in [5.41, 5.74) is 9.76. The van der Waals surface area contributed by atoms with Crippen molar-refractivity contribution in [2.45, 2.75) is 59.7 Å². The number of nitrogens with two attached hydrogens (primary N) is 1. The minimum atomic E-state index is -0.649. The Morgan fingerprint density at radius 2 is 1.76 bits per heavy atom. The maximum atomic E-state index is 13.5. The number of ether oxygens (including phenoxy) is 1. The molecular weight excluding hydrogens is 484 g/mol. The molecule has 0 saturated carbocycles. The summed E-state index contributed by atoms with van der Waals surface area (Å²) >= 11 is 0. The van der Waals surface area contributed by atoms with E-state index in [1.165, 1.54) is 0 Å². The molecule has 1 aliphatic heterocycles. The third-order valence-corrected chi connectivity index (χ3v) is 7.12. The van der Waals surface area contributed by atoms with E-state index in [9.17, 15) is 14.4 Å². The number of hydrogen-bond acceptors (Lipinski definition) is 6. The topological polar surface area (TPSA) is 121 Å². The summed E-state index contributed by atoms with van der Waals surface area (Å²) < 4.78 is 12.7. The normalized spacial score (nSPS) is 17.9. The molecule has 2 N–H and O–H groups in total. The van der Waals surface area contributed by atoms with Crippen molar-refractivity contribution in [2.24, 2.45) is 5.73 Å². The number of primary amides is 1. The Bertz CT molecular complexity index is 1570. The number of aryl methyl sites for hydroxylation is 2. The van der Waals surface area contributed by atoms with Gasteiger partial charge in [0.2, 0.25) is 5.91 Å². The molecule has 198 valence electrons. The second-order valence-corrected chi connectivity index (χ2v) is 10.2. The lowest BCUT2D eigenvalue weighted by Crippen LogP contribution is -2.48. The highest BCUT2D eigenvalue weighted by molar-refractivity contribution is 6.21. The largest absolute Gasteiger partial charge is 0.372 e. The zero-order valence-electron chi connectivity index (χ0n) is 22.3. The molecule has 3 heterocycles. The lowest BCUT2D eigenvalue weighted by atomic mass is 9.97. The fourth-order valence-corrected chi connectivity index (χ4v) is 5.62. The van der Waals surface area contributed by atoms with Gasteiger partial charge in [0.1, 0.15) is 5.76 Å². The standard InChI is InChI=1S/C29H32N4O5/c1-6-7-25(34)33-24-12-19(29(36)32-13-15(2)37-16(3)14-32)8-9-21(24)22-10-20(11-23(27(22)33)28(30)35)26-17(4)31-38-18(26)5/h8-12,15-16H,6-7,13-14H2,1-5H3,(H2,30,35)/t15-,16+. The molecule has 2 aromatic carbocycles. The molecule has 38 heavy (non-hydrogen) atoms. The van der Waals surface area contributed by atoms with E-state index >= 15 is 0 Å². The summed E-state index contributed by atoms with van der Waals surface area (Å²) in [7, 11) is 0. The first-order valence-electron chi connectivity index (χ1n) is 12.9. The van der Waals surface area contributed by atoms with Gasteiger partial charge in [-0.15, -0.1) is 0 Å². The molecule has 0 spiro atoms. The van der Waals surface area contributed by atoms with Crippen molar-refractivity contribution in [2.75, 3.05) is 13.1 Å². The summed E-state index contributed by atoms with van der Waals surface area (Å²) in [6, 6.07) is 8.98. The second-order valence-electron chi connectivity index (χ2n) is 10.2. The number of carbonyl (C=O) groups excluding carboxylic acids is 3. The molecule has 2 atom stereocenters. The van der Waals surface area contributed by atoms with Crippen molar-refractivity contribution in [1.29, 1.82) is 0 Å². The number of aromatic nitrogens is 2. The van der Waals surface area contributed by atoms with Gasteiger partial charge in [-0.05, 0) is 63.9 Å². The number of benzene rings is 2. The monoisotopic (exact) mass is 516 g/mol. The quantitative estimate of drug-likeness (QED) is 0.405. The first-order valence-corrected chi connectivity index (χ1v) is 12.9. The van der Waals surface area contributed by atoms with Gasteiger partial charge in [0, 0.05) is 41.4 Å². The summed E-state index contributed by atoms with van der Waals surface area (Å²) in [4.78, 5) is 41.5. The average molecular weight is 517 g/mol. The molecule has 0 bridgehead atoms. The third kappa shape index (κ3) is 4.26. The van der Waals surface area contributed by atoms with Crippen LogP contribution >= 0.6 is 0 Å². The highest BCUT2D eigenvalue weighted by atomic mass is 16.5. The van der Waals surface area contributed by atoms with E-state index in [4.69, 9.17) is 15.0 Å². The van der Waals surface area contributed by atoms with Crippen molar-refractivity contribution >= 4 is 39.5 Å². The van der Waals surface area contributed by atoms with Crippen LogP contribution in [0.5, 0.6) is 0 Å². The molecule has 0 unspecified atom stereocenters. The van der Waals surface area contributed by atoms with Gasteiger partial charge in [-0.25, -0.2) is 0 Å². The van der Waals surface area contributed by atoms with Gasteiger partial charge in [-0.1, -0.05) is 18.1 Å². The Morgan fingerprint density at radius 3 is 2.37 bits per heavy atom. The van der Waals surface area contributed by atoms with Crippen LogP contribution in [0.25, 0.3) is 32.9 Å². The molecule has 1 fully saturated rings. The van der Waals surface area contributed by atoms with Crippen LogP contribution in [0.1, 0.15) is 70.6 Å². The maximum absolute atomic E-state index is 13.5. The van der Waals surface area contributed by atoms with E-state index in [1.807, 2.05) is 46.8 Å². The predicted octanol–water partition coefficient (Wildman–Crippen LogP) is 4.85. The molecule has 2 aromatic heterocycles. The molecule has 9 heteroatoms. The molecule has 5 rings (SSSR count). The number of rotatable bonds is 5. The SMILES string of the molecule is CCCC(=O)n1c2cc(C(=O)N3C[C@@H](C)O[C@@H](C)C3)ccc2c2cc(-c3c(C)noc3C)cc(C(N)=O)c21. The van der Waals surface area contributed by atoms with Crippen LogP contribution in [0.3, 0.4) is 0 Å². The first kappa shape index (κ1) is 25.7. The minimum absolute atomic E-state index is 0.0649. The summed E-state index contributed by atoms with van der Waals surface area (Å²) in [6.07, 6.45) is 0.778. The maximum Gasteiger partial charge on any atom is 0.254 e. The Balaban J connectivity index is 1.77. The zero-order chi connectivity index (χ0) is 27.3. The molecule has 0 aliphatic carbocycles. The zero-order valence-corrected chi connectivity index (χ0v) is 22.3. The Hall–Kier alpha value is -3.98. The lowest BCUT2D eigenvalue weighted by molar-refractivity contribution is -0.0586. The number of carbonyl (C=O) groups is 3. The van der Waals surface area contributed by atoms with Crippen molar-refractivity contribution in [3.05, 3.63) is 52.9 Å². The van der Waals surface area contributed by atoms with Gasteiger partial charge in [-0.3, -0.25) is 19.0 Å². The Morgan fingerprint density at radius 1 is 1.05 bits per heavy atom. The number of hydrogen-bond donors (Lipinski definition) is 1. The van der Waals surface area contributed by atoms with E-state index in [0.717, 1.165) is 16.5 Å². The van der Waals surface area contributed by atoms with Crippen LogP contribution in [0.15, 0.2) is 34.9 Å². The Labute approximate surface area is 220 Å². The highest BCUT2D eigenvalue weighted by Crippen LogP contribution is 2.38. The van der Waals surface area contributed by atoms with E-state index in [2.05, 4.69) is 5.16 Å². The fraction of sp³-hybridized carbons (Fsp3) is 0.379. The van der Waals surface area contributed by atoms with Crippen molar-refractivity contribution in [3.63, 3.8) is 0 Å². The van der Waals surface area contributed by atoms with Crippen LogP contribution in [0.2, 0.25) is 0 Å². The molecular formula is C29H32N4O5. The number of fused-ring (bicyclic) bond motifs is 3. The van der Waals surface area contributed by atoms with E-state index in [0.29, 0.717) is 52.9 Å². The number of nitrogens with zero attached hydrogens (tertiary/aromatic N) is 3.